The van der Waals surface area contributed by atoms with E-state index >= 15 is 0 Å². The van der Waals surface area contributed by atoms with Crippen LogP contribution in [0.2, 0.25) is 0 Å². The number of carboxylic acid groups (broad SMARTS) is 1. The summed E-state index contributed by atoms with van der Waals surface area (Å²) in [7, 11) is 1.80. The molecule has 0 aliphatic rings. The number of pyridine rings is 1. The number of hydrogen-bond acceptors (Lipinski definition) is 6. The Balaban J connectivity index is 1.78. The van der Waals surface area contributed by atoms with E-state index in [-0.39, 0.29) is 5.69 Å². The quantitative estimate of drug-likeness (QED) is 0.617. The van der Waals surface area contributed by atoms with Crippen LogP contribution in [0.25, 0.3) is 33.8 Å². The van der Waals surface area contributed by atoms with Crippen LogP contribution in [0.5, 0.6) is 0 Å². The van der Waals surface area contributed by atoms with Crippen LogP contribution in [0, 0.1) is 0 Å². The van der Waals surface area contributed by atoms with Crippen LogP contribution in [0.4, 0.5) is 0 Å². The van der Waals surface area contributed by atoms with Gasteiger partial charge in [-0.05, 0) is 30.3 Å². The third kappa shape index (κ3) is 2.39. The summed E-state index contributed by atoms with van der Waals surface area (Å²) < 4.78 is 7.34. The monoisotopic (exact) mass is 321 g/mol. The van der Waals surface area contributed by atoms with E-state index in [9.17, 15) is 4.79 Å². The van der Waals surface area contributed by atoms with Gasteiger partial charge in [-0.15, -0.1) is 5.10 Å². The maximum atomic E-state index is 11.0. The number of rotatable bonds is 3. The second-order valence-corrected chi connectivity index (χ2v) is 5.21. The molecule has 3 aromatic heterocycles. The van der Waals surface area contributed by atoms with Crippen molar-refractivity contribution in [2.24, 2.45) is 7.05 Å². The number of benzene rings is 1. The Kier molecular flexibility index (Phi) is 3.09. The van der Waals surface area contributed by atoms with Crippen molar-refractivity contribution in [1.82, 2.24) is 25.0 Å². The van der Waals surface area contributed by atoms with Gasteiger partial charge in [-0.2, -0.15) is 0 Å². The van der Waals surface area contributed by atoms with Crippen molar-refractivity contribution in [2.45, 2.75) is 0 Å². The first-order valence-electron chi connectivity index (χ1n) is 7.07. The summed E-state index contributed by atoms with van der Waals surface area (Å²) in [4.78, 5) is 19.3. The van der Waals surface area contributed by atoms with Gasteiger partial charge in [-0.25, -0.2) is 14.8 Å². The Morgan fingerprint density at radius 1 is 1.21 bits per heavy atom. The summed E-state index contributed by atoms with van der Waals surface area (Å²) in [6, 6.07) is 8.61. The zero-order valence-electron chi connectivity index (χ0n) is 12.5. The molecule has 3 heterocycles. The lowest BCUT2D eigenvalue weighted by Gasteiger charge is -1.96. The predicted molar refractivity (Wildman–Crippen MR) is 84.2 cm³/mol. The van der Waals surface area contributed by atoms with E-state index in [1.54, 1.807) is 23.9 Å². The van der Waals surface area contributed by atoms with Gasteiger partial charge in [0.2, 0.25) is 5.89 Å². The molecule has 4 rings (SSSR count). The Labute approximate surface area is 135 Å². The molecule has 0 atom stereocenters. The molecule has 8 heteroatoms. The van der Waals surface area contributed by atoms with E-state index in [1.165, 1.54) is 12.3 Å². The summed E-state index contributed by atoms with van der Waals surface area (Å²) >= 11 is 0. The van der Waals surface area contributed by atoms with Crippen molar-refractivity contribution >= 4 is 17.1 Å². The van der Waals surface area contributed by atoms with Gasteiger partial charge < -0.3 is 9.52 Å². The SMILES string of the molecule is Cn1cc(-c2ccc3oc(-c4ccnc(C(=O)O)c4)nc3c2)nn1. The van der Waals surface area contributed by atoms with Gasteiger partial charge in [-0.1, -0.05) is 5.21 Å². The summed E-state index contributed by atoms with van der Waals surface area (Å²) in [6.45, 7) is 0. The van der Waals surface area contributed by atoms with Crippen LogP contribution in [-0.4, -0.2) is 36.0 Å². The molecule has 0 saturated heterocycles. The second-order valence-electron chi connectivity index (χ2n) is 5.21. The number of oxazole rings is 1. The van der Waals surface area contributed by atoms with Crippen molar-refractivity contribution in [1.29, 1.82) is 0 Å². The fourth-order valence-corrected chi connectivity index (χ4v) is 2.37. The molecule has 0 saturated carbocycles. The number of aromatic carboxylic acids is 1. The van der Waals surface area contributed by atoms with Gasteiger partial charge in [0.1, 0.15) is 16.9 Å². The number of carbonyl (C=O) groups is 1. The van der Waals surface area contributed by atoms with E-state index in [0.29, 0.717) is 22.6 Å². The lowest BCUT2D eigenvalue weighted by atomic mass is 10.1. The van der Waals surface area contributed by atoms with Gasteiger partial charge in [0.25, 0.3) is 0 Å². The molecule has 0 spiro atoms. The lowest BCUT2D eigenvalue weighted by Crippen LogP contribution is -1.99. The average molecular weight is 321 g/mol. The molecule has 4 aromatic rings. The predicted octanol–water partition coefficient (Wildman–Crippen LogP) is 2.38. The van der Waals surface area contributed by atoms with E-state index in [1.807, 2.05) is 18.3 Å². The summed E-state index contributed by atoms with van der Waals surface area (Å²) in [5, 5.41) is 17.0. The topological polar surface area (TPSA) is 107 Å². The van der Waals surface area contributed by atoms with Crippen molar-refractivity contribution in [3.63, 3.8) is 0 Å². The normalized spacial score (nSPS) is 11.0. The highest BCUT2D eigenvalue weighted by Crippen LogP contribution is 2.27. The molecule has 1 aromatic carbocycles. The molecule has 0 aliphatic heterocycles. The molecule has 0 aliphatic carbocycles. The molecule has 0 unspecified atom stereocenters. The van der Waals surface area contributed by atoms with E-state index in [0.717, 1.165) is 11.3 Å². The number of aryl methyl sites for hydroxylation is 1. The van der Waals surface area contributed by atoms with Crippen molar-refractivity contribution in [2.75, 3.05) is 0 Å². The van der Waals surface area contributed by atoms with Gasteiger partial charge in [0.15, 0.2) is 5.58 Å². The third-order valence-electron chi connectivity index (χ3n) is 3.51. The molecular formula is C16H11N5O3. The molecule has 118 valence electrons. The van der Waals surface area contributed by atoms with E-state index in [4.69, 9.17) is 9.52 Å². The Bertz CT molecular complexity index is 1070. The highest BCUT2D eigenvalue weighted by Gasteiger charge is 2.13. The summed E-state index contributed by atoms with van der Waals surface area (Å²) in [5.74, 6) is -0.760. The number of carboxylic acids is 1. The molecular weight excluding hydrogens is 310 g/mol. The molecule has 1 N–H and O–H groups in total. The van der Waals surface area contributed by atoms with Crippen LogP contribution < -0.4 is 0 Å². The molecule has 0 radical (unpaired) electrons. The third-order valence-corrected chi connectivity index (χ3v) is 3.51. The van der Waals surface area contributed by atoms with Gasteiger partial charge >= 0.3 is 5.97 Å². The molecule has 0 bridgehead atoms. The molecule has 8 nitrogen and oxygen atoms in total. The smallest absolute Gasteiger partial charge is 0.354 e. The second kappa shape index (κ2) is 5.27. The van der Waals surface area contributed by atoms with Crippen molar-refractivity contribution in [3.05, 3.63) is 48.4 Å². The molecule has 0 amide bonds. The van der Waals surface area contributed by atoms with Gasteiger partial charge in [-0.3, -0.25) is 4.68 Å². The highest BCUT2D eigenvalue weighted by molar-refractivity contribution is 5.87. The van der Waals surface area contributed by atoms with Crippen LogP contribution in [0.1, 0.15) is 10.5 Å². The van der Waals surface area contributed by atoms with Crippen LogP contribution in [-0.2, 0) is 7.05 Å². The van der Waals surface area contributed by atoms with E-state index < -0.39 is 5.97 Å². The zero-order valence-corrected chi connectivity index (χ0v) is 12.5. The van der Waals surface area contributed by atoms with Crippen LogP contribution >= 0.6 is 0 Å². The standard InChI is InChI=1S/C16H11N5O3/c1-21-8-13(19-20-21)9-2-3-14-11(6-9)18-15(24-14)10-4-5-17-12(7-10)16(22)23/h2-8H,1H3,(H,22,23). The minimum atomic E-state index is -1.10. The van der Waals surface area contributed by atoms with Gasteiger partial charge in [0.05, 0.1) is 6.20 Å². The Hall–Kier alpha value is -3.55. The fraction of sp³-hybridized carbons (Fsp3) is 0.0625. The highest BCUT2D eigenvalue weighted by atomic mass is 16.4. The summed E-state index contributed by atoms with van der Waals surface area (Å²) in [5.41, 5.74) is 3.36. The minimum absolute atomic E-state index is 0.0602. The first-order chi connectivity index (χ1) is 11.6. The average Bonchev–Trinajstić information content (AvgIpc) is 3.20. The Morgan fingerprint density at radius 3 is 2.83 bits per heavy atom. The molecule has 0 fully saturated rings. The van der Waals surface area contributed by atoms with Crippen LogP contribution in [0.15, 0.2) is 47.1 Å². The number of aromatic nitrogens is 5. The first kappa shape index (κ1) is 14.1. The van der Waals surface area contributed by atoms with Crippen LogP contribution in [0.3, 0.4) is 0 Å². The maximum Gasteiger partial charge on any atom is 0.354 e. The number of hydrogen-bond donors (Lipinski definition) is 1. The Morgan fingerprint density at radius 2 is 2.08 bits per heavy atom. The number of fused-ring (bicyclic) bond motifs is 1. The lowest BCUT2D eigenvalue weighted by molar-refractivity contribution is 0.0690. The van der Waals surface area contributed by atoms with Crippen molar-refractivity contribution in [3.8, 4) is 22.7 Å². The molecule has 24 heavy (non-hydrogen) atoms. The largest absolute Gasteiger partial charge is 0.477 e. The number of nitrogens with zero attached hydrogens (tertiary/aromatic N) is 5. The maximum absolute atomic E-state index is 11.0. The first-order valence-corrected chi connectivity index (χ1v) is 7.07. The fourth-order valence-electron chi connectivity index (χ4n) is 2.37. The van der Waals surface area contributed by atoms with E-state index in [2.05, 4.69) is 20.3 Å². The van der Waals surface area contributed by atoms with Gasteiger partial charge in [0, 0.05) is 24.4 Å². The van der Waals surface area contributed by atoms with Crippen molar-refractivity contribution < 1.29 is 14.3 Å². The minimum Gasteiger partial charge on any atom is -0.477 e. The summed E-state index contributed by atoms with van der Waals surface area (Å²) in [6.07, 6.45) is 3.23. The zero-order chi connectivity index (χ0) is 16.7.